The van der Waals surface area contributed by atoms with Crippen molar-refractivity contribution in [1.82, 2.24) is 10.3 Å². The number of aryl methyl sites for hydroxylation is 3. The van der Waals surface area contributed by atoms with Crippen molar-refractivity contribution >= 4 is 28.3 Å². The maximum Gasteiger partial charge on any atom is 0.251 e. The molecular weight excluding hydrogens is 442 g/mol. The van der Waals surface area contributed by atoms with E-state index >= 15 is 0 Å². The Kier molecular flexibility index (Phi) is 7.18. The molecule has 1 aromatic heterocycles. The number of anilines is 1. The van der Waals surface area contributed by atoms with Gasteiger partial charge in [0.05, 0.1) is 5.69 Å². The molecule has 0 fully saturated rings. The summed E-state index contributed by atoms with van der Waals surface area (Å²) in [5.41, 5.74) is 5.69. The van der Waals surface area contributed by atoms with Gasteiger partial charge in [-0.15, -0.1) is 11.3 Å². The van der Waals surface area contributed by atoms with E-state index in [-0.39, 0.29) is 11.8 Å². The predicted molar refractivity (Wildman–Crippen MR) is 138 cm³/mol. The summed E-state index contributed by atoms with van der Waals surface area (Å²) >= 11 is 1.44. The first-order chi connectivity index (χ1) is 16.4. The van der Waals surface area contributed by atoms with Gasteiger partial charge in [0.15, 0.2) is 5.13 Å². The van der Waals surface area contributed by atoms with Gasteiger partial charge >= 0.3 is 0 Å². The highest BCUT2D eigenvalue weighted by Crippen LogP contribution is 2.33. The fourth-order valence-electron chi connectivity index (χ4n) is 3.77. The molecule has 34 heavy (non-hydrogen) atoms. The van der Waals surface area contributed by atoms with Crippen molar-refractivity contribution in [3.05, 3.63) is 106 Å². The zero-order valence-corrected chi connectivity index (χ0v) is 20.3. The van der Waals surface area contributed by atoms with Crippen LogP contribution in [0.4, 0.5) is 5.13 Å². The highest BCUT2D eigenvalue weighted by molar-refractivity contribution is 7.16. The molecular formula is C28H27N3O2S. The molecule has 172 valence electrons. The second kappa shape index (κ2) is 10.4. The number of amides is 2. The average molecular weight is 470 g/mol. The summed E-state index contributed by atoms with van der Waals surface area (Å²) in [6.45, 7) is 6.11. The van der Waals surface area contributed by atoms with Gasteiger partial charge in [-0.2, -0.15) is 0 Å². The van der Waals surface area contributed by atoms with Gasteiger partial charge in [-0.1, -0.05) is 66.2 Å². The van der Waals surface area contributed by atoms with Crippen LogP contribution in [0.25, 0.3) is 11.3 Å². The lowest BCUT2D eigenvalue weighted by Crippen LogP contribution is -2.45. The van der Waals surface area contributed by atoms with E-state index in [1.165, 1.54) is 11.3 Å². The summed E-state index contributed by atoms with van der Waals surface area (Å²) in [5, 5.41) is 6.35. The summed E-state index contributed by atoms with van der Waals surface area (Å²) in [6, 6.07) is 24.1. The molecule has 0 radical (unpaired) electrons. The third-order valence-electron chi connectivity index (χ3n) is 5.62. The van der Waals surface area contributed by atoms with Gasteiger partial charge in [0.25, 0.3) is 5.91 Å². The number of aromatic nitrogens is 1. The maximum atomic E-state index is 13.3. The number of carbonyl (C=O) groups is 2. The predicted octanol–water partition coefficient (Wildman–Crippen LogP) is 5.72. The largest absolute Gasteiger partial charge is 0.340 e. The van der Waals surface area contributed by atoms with Crippen LogP contribution in [-0.2, 0) is 11.2 Å². The normalized spacial score (nSPS) is 11.6. The second-order valence-electron chi connectivity index (χ2n) is 8.31. The standard InChI is InChI=1S/C28H27N3O2S/c1-18-14-15-19(2)23(16-18)25-20(3)34-28(30-25)31-27(33)24(17-21-10-6-4-7-11-21)29-26(32)22-12-8-5-9-13-22/h4-16,24H,17H2,1-3H3,(H,29,32)(H,30,31,33)/t24-/m0/s1. The molecule has 5 nitrogen and oxygen atoms in total. The Hall–Kier alpha value is -3.77. The van der Waals surface area contributed by atoms with E-state index in [0.29, 0.717) is 17.1 Å². The summed E-state index contributed by atoms with van der Waals surface area (Å²) in [4.78, 5) is 31.9. The zero-order chi connectivity index (χ0) is 24.1. The molecule has 0 saturated heterocycles. The van der Waals surface area contributed by atoms with Crippen LogP contribution in [-0.4, -0.2) is 22.8 Å². The van der Waals surface area contributed by atoms with Gasteiger partial charge in [-0.05, 0) is 50.1 Å². The van der Waals surface area contributed by atoms with Crippen molar-refractivity contribution in [1.29, 1.82) is 0 Å². The molecule has 0 aliphatic rings. The third kappa shape index (κ3) is 5.58. The van der Waals surface area contributed by atoms with Crippen LogP contribution in [0.5, 0.6) is 0 Å². The summed E-state index contributed by atoms with van der Waals surface area (Å²) in [5.74, 6) is -0.586. The number of hydrogen-bond acceptors (Lipinski definition) is 4. The summed E-state index contributed by atoms with van der Waals surface area (Å²) < 4.78 is 0. The first-order valence-electron chi connectivity index (χ1n) is 11.2. The van der Waals surface area contributed by atoms with Crippen molar-refractivity contribution < 1.29 is 9.59 Å². The fraction of sp³-hybridized carbons (Fsp3) is 0.179. The van der Waals surface area contributed by atoms with Crippen LogP contribution in [0.3, 0.4) is 0 Å². The van der Waals surface area contributed by atoms with E-state index in [0.717, 1.165) is 32.8 Å². The highest BCUT2D eigenvalue weighted by atomic mass is 32.1. The van der Waals surface area contributed by atoms with Crippen LogP contribution < -0.4 is 10.6 Å². The number of nitrogens with zero attached hydrogens (tertiary/aromatic N) is 1. The van der Waals surface area contributed by atoms with Gasteiger partial charge < -0.3 is 10.6 Å². The van der Waals surface area contributed by atoms with E-state index in [4.69, 9.17) is 4.98 Å². The highest BCUT2D eigenvalue weighted by Gasteiger charge is 2.24. The van der Waals surface area contributed by atoms with Crippen molar-refractivity contribution in [2.24, 2.45) is 0 Å². The Morgan fingerprint density at radius 3 is 2.29 bits per heavy atom. The Morgan fingerprint density at radius 1 is 0.912 bits per heavy atom. The van der Waals surface area contributed by atoms with E-state index < -0.39 is 6.04 Å². The average Bonchev–Trinajstić information content (AvgIpc) is 3.20. The number of rotatable bonds is 7. The molecule has 0 aliphatic carbocycles. The Balaban J connectivity index is 1.56. The van der Waals surface area contributed by atoms with Gasteiger partial charge in [0, 0.05) is 22.4 Å². The molecule has 1 heterocycles. The first kappa shape index (κ1) is 23.4. The van der Waals surface area contributed by atoms with Crippen LogP contribution in [0.15, 0.2) is 78.9 Å². The quantitative estimate of drug-likeness (QED) is 0.364. The molecule has 0 spiro atoms. The molecule has 4 aromatic rings. The van der Waals surface area contributed by atoms with Crippen LogP contribution in [0.1, 0.15) is 31.9 Å². The number of benzene rings is 3. The molecule has 0 saturated carbocycles. The topological polar surface area (TPSA) is 71.1 Å². The lowest BCUT2D eigenvalue weighted by molar-refractivity contribution is -0.118. The van der Waals surface area contributed by atoms with E-state index in [2.05, 4.69) is 42.7 Å². The number of carbonyl (C=O) groups excluding carboxylic acids is 2. The van der Waals surface area contributed by atoms with Crippen LogP contribution >= 0.6 is 11.3 Å². The van der Waals surface area contributed by atoms with E-state index in [1.54, 1.807) is 24.3 Å². The smallest absolute Gasteiger partial charge is 0.251 e. The molecule has 2 amide bonds. The molecule has 2 N–H and O–H groups in total. The van der Waals surface area contributed by atoms with E-state index in [1.807, 2.05) is 43.3 Å². The molecule has 4 rings (SSSR count). The number of nitrogens with one attached hydrogen (secondary N) is 2. The van der Waals surface area contributed by atoms with Crippen LogP contribution in [0, 0.1) is 20.8 Å². The van der Waals surface area contributed by atoms with Crippen molar-refractivity contribution in [2.75, 3.05) is 5.32 Å². The molecule has 3 aromatic carbocycles. The van der Waals surface area contributed by atoms with Gasteiger partial charge in [-0.25, -0.2) is 4.98 Å². The molecule has 0 bridgehead atoms. The lowest BCUT2D eigenvalue weighted by atomic mass is 10.0. The number of hydrogen-bond donors (Lipinski definition) is 2. The summed E-state index contributed by atoms with van der Waals surface area (Å²) in [6.07, 6.45) is 0.374. The van der Waals surface area contributed by atoms with Crippen LogP contribution in [0.2, 0.25) is 0 Å². The van der Waals surface area contributed by atoms with Crippen molar-refractivity contribution in [3.8, 4) is 11.3 Å². The van der Waals surface area contributed by atoms with Gasteiger partial charge in [0.1, 0.15) is 6.04 Å². The zero-order valence-electron chi connectivity index (χ0n) is 19.5. The third-order valence-corrected chi connectivity index (χ3v) is 6.50. The molecule has 6 heteroatoms. The second-order valence-corrected chi connectivity index (χ2v) is 9.52. The molecule has 1 atom stereocenters. The summed E-state index contributed by atoms with van der Waals surface area (Å²) in [7, 11) is 0. The van der Waals surface area contributed by atoms with Gasteiger partial charge in [0.2, 0.25) is 5.91 Å². The minimum absolute atomic E-state index is 0.289. The first-order valence-corrected chi connectivity index (χ1v) is 12.0. The fourth-order valence-corrected chi connectivity index (χ4v) is 4.60. The van der Waals surface area contributed by atoms with Crippen molar-refractivity contribution in [3.63, 3.8) is 0 Å². The Bertz CT molecular complexity index is 1300. The SMILES string of the molecule is Cc1ccc(C)c(-c2nc(NC(=O)[C@H](Cc3ccccc3)NC(=O)c3ccccc3)sc2C)c1. The minimum atomic E-state index is -0.747. The minimum Gasteiger partial charge on any atom is -0.340 e. The molecule has 0 aliphatic heterocycles. The maximum absolute atomic E-state index is 13.3. The Morgan fingerprint density at radius 2 is 1.59 bits per heavy atom. The monoisotopic (exact) mass is 469 g/mol. The van der Waals surface area contributed by atoms with E-state index in [9.17, 15) is 9.59 Å². The van der Waals surface area contributed by atoms with Gasteiger partial charge in [-0.3, -0.25) is 9.59 Å². The molecule has 0 unspecified atom stereocenters. The Labute approximate surface area is 203 Å². The number of thiazole rings is 1. The lowest BCUT2D eigenvalue weighted by Gasteiger charge is -2.18. The van der Waals surface area contributed by atoms with Crippen molar-refractivity contribution in [2.45, 2.75) is 33.2 Å².